The molecule has 0 spiro atoms. The van der Waals surface area contributed by atoms with Crippen LogP contribution in [0.5, 0.6) is 11.5 Å². The van der Waals surface area contributed by atoms with Gasteiger partial charge < -0.3 is 19.9 Å². The summed E-state index contributed by atoms with van der Waals surface area (Å²) in [6, 6.07) is 13.5. The van der Waals surface area contributed by atoms with Crippen molar-refractivity contribution in [1.82, 2.24) is 0 Å². The Hall–Kier alpha value is -2.20. The molecule has 1 aliphatic heterocycles. The first-order valence-electron chi connectivity index (χ1n) is 6.18. The quantitative estimate of drug-likeness (QED) is 0.883. The van der Waals surface area contributed by atoms with Crippen LogP contribution < -0.4 is 14.8 Å². The summed E-state index contributed by atoms with van der Waals surface area (Å²) < 4.78 is 10.8. The number of ether oxygens (including phenoxy) is 2. The molecule has 0 aromatic heterocycles. The molecule has 4 heteroatoms. The van der Waals surface area contributed by atoms with Crippen LogP contribution in [0.1, 0.15) is 11.1 Å². The zero-order valence-electron chi connectivity index (χ0n) is 10.4. The molecule has 0 unspecified atom stereocenters. The van der Waals surface area contributed by atoms with Crippen molar-refractivity contribution >= 4 is 5.69 Å². The first-order chi connectivity index (χ1) is 9.38. The number of anilines is 1. The zero-order valence-corrected chi connectivity index (χ0v) is 10.4. The fourth-order valence-corrected chi connectivity index (χ4v) is 2.15. The van der Waals surface area contributed by atoms with Gasteiger partial charge in [0.25, 0.3) is 0 Å². The summed E-state index contributed by atoms with van der Waals surface area (Å²) in [5.74, 6) is 1.59. The van der Waals surface area contributed by atoms with Crippen LogP contribution in [0.25, 0.3) is 0 Å². The molecule has 2 N–H and O–H groups in total. The fourth-order valence-electron chi connectivity index (χ4n) is 2.15. The van der Waals surface area contributed by atoms with Crippen molar-refractivity contribution in [2.24, 2.45) is 0 Å². The Labute approximate surface area is 111 Å². The molecular formula is C15H15NO3. The van der Waals surface area contributed by atoms with Gasteiger partial charge in [0.2, 0.25) is 6.79 Å². The molecule has 1 aliphatic rings. The minimum atomic E-state index is 0.0235. The lowest BCUT2D eigenvalue weighted by molar-refractivity contribution is 0.173. The third-order valence-electron chi connectivity index (χ3n) is 3.14. The van der Waals surface area contributed by atoms with Gasteiger partial charge in [-0.25, -0.2) is 0 Å². The zero-order chi connectivity index (χ0) is 13.1. The van der Waals surface area contributed by atoms with E-state index >= 15 is 0 Å². The first-order valence-corrected chi connectivity index (χ1v) is 6.18. The molecule has 4 nitrogen and oxygen atoms in total. The number of para-hydroxylation sites is 2. The molecule has 0 atom stereocenters. The summed E-state index contributed by atoms with van der Waals surface area (Å²) in [5.41, 5.74) is 2.86. The summed E-state index contributed by atoms with van der Waals surface area (Å²) in [4.78, 5) is 0. The van der Waals surface area contributed by atoms with Gasteiger partial charge in [-0.2, -0.15) is 0 Å². The summed E-state index contributed by atoms with van der Waals surface area (Å²) in [6.07, 6.45) is 0. The second kappa shape index (κ2) is 5.20. The molecule has 1 heterocycles. The van der Waals surface area contributed by atoms with E-state index < -0.39 is 0 Å². The fraction of sp³-hybridized carbons (Fsp3) is 0.200. The third-order valence-corrected chi connectivity index (χ3v) is 3.14. The number of hydrogen-bond donors (Lipinski definition) is 2. The average Bonchev–Trinajstić information content (AvgIpc) is 2.94. The highest BCUT2D eigenvalue weighted by molar-refractivity contribution is 5.54. The van der Waals surface area contributed by atoms with Gasteiger partial charge in [0, 0.05) is 23.4 Å². The molecule has 19 heavy (non-hydrogen) atoms. The van der Waals surface area contributed by atoms with E-state index in [-0.39, 0.29) is 13.4 Å². The Kier molecular flexibility index (Phi) is 3.25. The Morgan fingerprint density at radius 3 is 2.74 bits per heavy atom. The van der Waals surface area contributed by atoms with Gasteiger partial charge in [0.15, 0.2) is 11.5 Å². The second-order valence-corrected chi connectivity index (χ2v) is 4.32. The lowest BCUT2D eigenvalue weighted by atomic mass is 10.1. The van der Waals surface area contributed by atoms with Crippen LogP contribution in [0.4, 0.5) is 5.69 Å². The van der Waals surface area contributed by atoms with Gasteiger partial charge >= 0.3 is 0 Å². The van der Waals surface area contributed by atoms with E-state index in [1.807, 2.05) is 42.5 Å². The van der Waals surface area contributed by atoms with Crippen molar-refractivity contribution < 1.29 is 14.6 Å². The number of fused-ring (bicyclic) bond motifs is 1. The lowest BCUT2D eigenvalue weighted by Crippen LogP contribution is -2.03. The highest BCUT2D eigenvalue weighted by atomic mass is 16.7. The van der Waals surface area contributed by atoms with E-state index in [2.05, 4.69) is 5.32 Å². The molecule has 0 saturated heterocycles. The van der Waals surface area contributed by atoms with Gasteiger partial charge in [-0.3, -0.25) is 0 Å². The van der Waals surface area contributed by atoms with Gasteiger partial charge in [0.05, 0.1) is 6.61 Å². The van der Waals surface area contributed by atoms with Crippen molar-refractivity contribution in [2.75, 3.05) is 12.1 Å². The minimum Gasteiger partial charge on any atom is -0.454 e. The molecule has 0 aliphatic carbocycles. The third kappa shape index (κ3) is 2.35. The molecule has 2 aromatic rings. The first kappa shape index (κ1) is 11.9. The number of hydrogen-bond acceptors (Lipinski definition) is 4. The van der Waals surface area contributed by atoms with E-state index in [9.17, 15) is 5.11 Å². The number of nitrogens with one attached hydrogen (secondary N) is 1. The molecular weight excluding hydrogens is 242 g/mol. The summed E-state index contributed by atoms with van der Waals surface area (Å²) in [7, 11) is 0. The van der Waals surface area contributed by atoms with E-state index in [0.717, 1.165) is 28.3 Å². The van der Waals surface area contributed by atoms with E-state index in [1.54, 1.807) is 0 Å². The van der Waals surface area contributed by atoms with Gasteiger partial charge in [-0.05, 0) is 12.1 Å². The van der Waals surface area contributed by atoms with Crippen molar-refractivity contribution in [3.8, 4) is 11.5 Å². The van der Waals surface area contributed by atoms with Gasteiger partial charge in [-0.15, -0.1) is 0 Å². The summed E-state index contributed by atoms with van der Waals surface area (Å²) in [6.45, 7) is 0.929. The molecule has 0 radical (unpaired) electrons. The normalized spacial score (nSPS) is 12.5. The van der Waals surface area contributed by atoms with Gasteiger partial charge in [-0.1, -0.05) is 30.3 Å². The Bertz CT molecular complexity index is 583. The van der Waals surface area contributed by atoms with Crippen LogP contribution in [0.2, 0.25) is 0 Å². The van der Waals surface area contributed by atoms with Crippen molar-refractivity contribution in [2.45, 2.75) is 13.2 Å². The number of benzene rings is 2. The molecule has 0 bridgehead atoms. The van der Waals surface area contributed by atoms with Crippen LogP contribution in [-0.2, 0) is 13.2 Å². The van der Waals surface area contributed by atoms with Crippen LogP contribution >= 0.6 is 0 Å². The number of aliphatic hydroxyl groups excluding tert-OH is 1. The van der Waals surface area contributed by atoms with Crippen molar-refractivity contribution in [1.29, 1.82) is 0 Å². The number of rotatable bonds is 4. The standard InChI is InChI=1S/C15H15NO3/c17-9-12-4-1-2-6-13(12)16-8-11-5-3-7-14-15(11)19-10-18-14/h1-7,16-17H,8-10H2. The highest BCUT2D eigenvalue weighted by Crippen LogP contribution is 2.35. The lowest BCUT2D eigenvalue weighted by Gasteiger charge is -2.11. The maximum absolute atomic E-state index is 9.29. The van der Waals surface area contributed by atoms with Crippen LogP contribution in [0.15, 0.2) is 42.5 Å². The van der Waals surface area contributed by atoms with Crippen molar-refractivity contribution in [3.05, 3.63) is 53.6 Å². The SMILES string of the molecule is OCc1ccccc1NCc1cccc2c1OCO2. The molecule has 3 rings (SSSR count). The number of aliphatic hydroxyl groups is 1. The highest BCUT2D eigenvalue weighted by Gasteiger charge is 2.16. The molecule has 0 fully saturated rings. The van der Waals surface area contributed by atoms with Gasteiger partial charge in [0.1, 0.15) is 0 Å². The maximum Gasteiger partial charge on any atom is 0.231 e. The molecule has 0 amide bonds. The van der Waals surface area contributed by atoms with E-state index in [4.69, 9.17) is 9.47 Å². The summed E-state index contributed by atoms with van der Waals surface area (Å²) >= 11 is 0. The Balaban J connectivity index is 1.78. The molecule has 0 saturated carbocycles. The Morgan fingerprint density at radius 1 is 1.00 bits per heavy atom. The predicted octanol–water partition coefficient (Wildman–Crippen LogP) is 2.52. The smallest absolute Gasteiger partial charge is 0.231 e. The minimum absolute atomic E-state index is 0.0235. The van der Waals surface area contributed by atoms with E-state index in [0.29, 0.717) is 6.54 Å². The molecule has 98 valence electrons. The predicted molar refractivity (Wildman–Crippen MR) is 72.3 cm³/mol. The second-order valence-electron chi connectivity index (χ2n) is 4.32. The topological polar surface area (TPSA) is 50.7 Å². The monoisotopic (exact) mass is 257 g/mol. The van der Waals surface area contributed by atoms with Crippen molar-refractivity contribution in [3.63, 3.8) is 0 Å². The molecule has 2 aromatic carbocycles. The van der Waals surface area contributed by atoms with E-state index in [1.165, 1.54) is 0 Å². The average molecular weight is 257 g/mol. The summed E-state index contributed by atoms with van der Waals surface area (Å²) in [5, 5.41) is 12.6. The van der Waals surface area contributed by atoms with Crippen LogP contribution in [0, 0.1) is 0 Å². The maximum atomic E-state index is 9.29. The Morgan fingerprint density at radius 2 is 1.84 bits per heavy atom. The van der Waals surface area contributed by atoms with Crippen LogP contribution in [-0.4, -0.2) is 11.9 Å². The van der Waals surface area contributed by atoms with Crippen LogP contribution in [0.3, 0.4) is 0 Å². The largest absolute Gasteiger partial charge is 0.454 e.